The molecule has 7 rings (SSSR count). The predicted octanol–water partition coefficient (Wildman–Crippen LogP) is 5.09. The molecule has 3 atom stereocenters. The molecule has 0 amide bonds. The van der Waals surface area contributed by atoms with Crippen molar-refractivity contribution in [2.75, 3.05) is 0 Å². The van der Waals surface area contributed by atoms with Crippen LogP contribution in [0, 0.1) is 5.92 Å². The van der Waals surface area contributed by atoms with Crippen LogP contribution in [-0.2, 0) is 21.6 Å². The van der Waals surface area contributed by atoms with E-state index in [-0.39, 0.29) is 29.1 Å². The highest BCUT2D eigenvalue weighted by molar-refractivity contribution is 6.32. The first-order valence-corrected chi connectivity index (χ1v) is 11.4. The fourth-order valence-corrected chi connectivity index (χ4v) is 5.84. The summed E-state index contributed by atoms with van der Waals surface area (Å²) >= 11 is 6.27. The van der Waals surface area contributed by atoms with Crippen LogP contribution in [0.15, 0.2) is 54.6 Å². The maximum absolute atomic E-state index is 13.1. The maximum Gasteiger partial charge on any atom is 0.339 e. The molecule has 3 aliphatic heterocycles. The van der Waals surface area contributed by atoms with Crippen LogP contribution < -0.4 is 9.47 Å². The van der Waals surface area contributed by atoms with Crippen LogP contribution in [0.25, 0.3) is 6.08 Å². The first kappa shape index (κ1) is 19.7. The van der Waals surface area contributed by atoms with Crippen molar-refractivity contribution in [3.05, 3.63) is 93.0 Å². The van der Waals surface area contributed by atoms with Gasteiger partial charge in [0.1, 0.15) is 23.4 Å². The first-order chi connectivity index (χ1) is 16.5. The molecule has 3 unspecified atom stereocenters. The standard InChI is InChI=1S/C27H17ClO6/c28-20-11-16-13(10-21(20)29)5-7-18-25(16)33-23-12-22-14(6-8-24(30)32-22)9-19(23)27(18)17-4-2-1-3-15(17)26(31)34-27/h1-5,7,9-12,18,25,29H,6,8H2. The molecule has 3 heterocycles. The number of carbonyl (C=O) groups excluding carboxylic acids is 2. The zero-order valence-electron chi connectivity index (χ0n) is 17.7. The van der Waals surface area contributed by atoms with Gasteiger partial charge in [-0.15, -0.1) is 0 Å². The highest BCUT2D eigenvalue weighted by atomic mass is 35.5. The van der Waals surface area contributed by atoms with Gasteiger partial charge < -0.3 is 19.3 Å². The van der Waals surface area contributed by atoms with Gasteiger partial charge in [0, 0.05) is 22.8 Å². The van der Waals surface area contributed by atoms with E-state index in [2.05, 4.69) is 0 Å². The lowest BCUT2D eigenvalue weighted by Crippen LogP contribution is -2.45. The van der Waals surface area contributed by atoms with Crippen molar-refractivity contribution >= 4 is 29.6 Å². The average molecular weight is 473 g/mol. The third kappa shape index (κ3) is 2.46. The van der Waals surface area contributed by atoms with Crippen LogP contribution in [-0.4, -0.2) is 17.0 Å². The summed E-state index contributed by atoms with van der Waals surface area (Å²) in [6.07, 6.45) is 4.14. The number of halogens is 1. The molecule has 7 heteroatoms. The molecule has 0 aromatic heterocycles. The van der Waals surface area contributed by atoms with E-state index < -0.39 is 17.7 Å². The van der Waals surface area contributed by atoms with E-state index in [0.717, 1.165) is 27.8 Å². The fraction of sp³-hybridized carbons (Fsp3) is 0.185. The fourth-order valence-electron chi connectivity index (χ4n) is 5.67. The monoisotopic (exact) mass is 472 g/mol. The average Bonchev–Trinajstić information content (AvgIpc) is 3.12. The molecule has 0 saturated heterocycles. The van der Waals surface area contributed by atoms with Crippen LogP contribution in [0.1, 0.15) is 50.7 Å². The molecule has 1 aliphatic carbocycles. The van der Waals surface area contributed by atoms with Crippen molar-refractivity contribution in [2.24, 2.45) is 5.92 Å². The molecule has 0 fully saturated rings. The van der Waals surface area contributed by atoms with Gasteiger partial charge in [-0.3, -0.25) is 4.79 Å². The number of phenolic OH excluding ortho intramolecular Hbond substituents is 1. The van der Waals surface area contributed by atoms with Gasteiger partial charge in [-0.2, -0.15) is 0 Å². The molecule has 0 saturated carbocycles. The molecule has 0 bridgehead atoms. The number of esters is 2. The number of carbonyl (C=O) groups is 2. The topological polar surface area (TPSA) is 82.1 Å². The van der Waals surface area contributed by atoms with E-state index in [0.29, 0.717) is 23.5 Å². The van der Waals surface area contributed by atoms with E-state index in [1.807, 2.05) is 36.4 Å². The Hall–Kier alpha value is -3.77. The van der Waals surface area contributed by atoms with E-state index in [4.69, 9.17) is 25.8 Å². The van der Waals surface area contributed by atoms with Gasteiger partial charge >= 0.3 is 11.9 Å². The highest BCUT2D eigenvalue weighted by Crippen LogP contribution is 2.60. The second-order valence-electron chi connectivity index (χ2n) is 8.96. The number of benzene rings is 3. The van der Waals surface area contributed by atoms with Crippen molar-refractivity contribution in [1.29, 1.82) is 0 Å². The number of aryl methyl sites for hydroxylation is 1. The van der Waals surface area contributed by atoms with E-state index in [1.165, 1.54) is 0 Å². The largest absolute Gasteiger partial charge is 0.506 e. The third-order valence-corrected chi connectivity index (χ3v) is 7.48. The number of hydrogen-bond acceptors (Lipinski definition) is 6. The number of ether oxygens (including phenoxy) is 3. The van der Waals surface area contributed by atoms with Gasteiger partial charge in [-0.1, -0.05) is 42.0 Å². The van der Waals surface area contributed by atoms with E-state index in [1.54, 1.807) is 24.3 Å². The number of aromatic hydroxyl groups is 1. The number of hydrogen-bond donors (Lipinski definition) is 1. The van der Waals surface area contributed by atoms with Gasteiger partial charge in [0.2, 0.25) is 0 Å². The molecule has 0 radical (unpaired) electrons. The lowest BCUT2D eigenvalue weighted by atomic mass is 9.67. The normalized spacial score (nSPS) is 25.3. The van der Waals surface area contributed by atoms with Crippen molar-refractivity contribution in [2.45, 2.75) is 24.5 Å². The Labute approximate surface area is 199 Å². The molecule has 3 aromatic carbocycles. The van der Waals surface area contributed by atoms with E-state index in [9.17, 15) is 14.7 Å². The number of fused-ring (bicyclic) bond motifs is 9. The van der Waals surface area contributed by atoms with Crippen LogP contribution in [0.4, 0.5) is 0 Å². The van der Waals surface area contributed by atoms with Crippen molar-refractivity contribution in [3.8, 4) is 17.2 Å². The SMILES string of the molecule is O=C1CCc2cc3c(cc2O1)OC1c2cc(Cl)c(O)cc2C=CC1C31OC(=O)c2ccccc21. The Morgan fingerprint density at radius 1 is 1.00 bits per heavy atom. The lowest BCUT2D eigenvalue weighted by molar-refractivity contribution is -0.135. The van der Waals surface area contributed by atoms with Crippen molar-refractivity contribution in [1.82, 2.24) is 0 Å². The summed E-state index contributed by atoms with van der Waals surface area (Å²) in [5.74, 6) is -0.157. The van der Waals surface area contributed by atoms with Crippen LogP contribution in [0.2, 0.25) is 5.02 Å². The molecule has 6 nitrogen and oxygen atoms in total. The van der Waals surface area contributed by atoms with Crippen LogP contribution >= 0.6 is 11.6 Å². The quantitative estimate of drug-likeness (QED) is 0.362. The molecular weight excluding hydrogens is 456 g/mol. The molecule has 1 N–H and O–H groups in total. The Kier molecular flexibility index (Phi) is 3.84. The van der Waals surface area contributed by atoms with Crippen LogP contribution in [0.5, 0.6) is 17.2 Å². The molecular formula is C27H17ClO6. The molecule has 1 spiro atoms. The summed E-state index contributed by atoms with van der Waals surface area (Å²) in [6.45, 7) is 0. The van der Waals surface area contributed by atoms with Gasteiger partial charge in [-0.25, -0.2) is 4.79 Å². The minimum Gasteiger partial charge on any atom is -0.506 e. The summed E-state index contributed by atoms with van der Waals surface area (Å²) in [6, 6.07) is 14.3. The summed E-state index contributed by atoms with van der Waals surface area (Å²) in [5.41, 5.74) is 3.29. The Morgan fingerprint density at radius 3 is 2.74 bits per heavy atom. The zero-order chi connectivity index (χ0) is 23.2. The zero-order valence-corrected chi connectivity index (χ0v) is 18.5. The summed E-state index contributed by atoms with van der Waals surface area (Å²) in [4.78, 5) is 25.0. The Bertz CT molecular complexity index is 1470. The summed E-state index contributed by atoms with van der Waals surface area (Å²) < 4.78 is 18.3. The minimum absolute atomic E-state index is 0.0203. The maximum atomic E-state index is 13.1. The predicted molar refractivity (Wildman–Crippen MR) is 122 cm³/mol. The minimum atomic E-state index is -1.12. The summed E-state index contributed by atoms with van der Waals surface area (Å²) in [7, 11) is 0. The Balaban J connectivity index is 1.52. The summed E-state index contributed by atoms with van der Waals surface area (Å²) in [5, 5.41) is 10.3. The second kappa shape index (κ2) is 6.64. The van der Waals surface area contributed by atoms with Crippen molar-refractivity contribution in [3.63, 3.8) is 0 Å². The molecule has 3 aromatic rings. The number of phenols is 1. The van der Waals surface area contributed by atoms with Crippen molar-refractivity contribution < 1.29 is 28.9 Å². The highest BCUT2D eigenvalue weighted by Gasteiger charge is 2.59. The Morgan fingerprint density at radius 2 is 1.85 bits per heavy atom. The van der Waals surface area contributed by atoms with Crippen LogP contribution in [0.3, 0.4) is 0 Å². The van der Waals surface area contributed by atoms with Gasteiger partial charge in [-0.05, 0) is 41.8 Å². The van der Waals surface area contributed by atoms with Gasteiger partial charge in [0.05, 0.1) is 22.9 Å². The molecule has 168 valence electrons. The van der Waals surface area contributed by atoms with E-state index >= 15 is 0 Å². The third-order valence-electron chi connectivity index (χ3n) is 7.18. The lowest BCUT2D eigenvalue weighted by Gasteiger charge is -2.46. The number of rotatable bonds is 0. The smallest absolute Gasteiger partial charge is 0.339 e. The molecule has 34 heavy (non-hydrogen) atoms. The second-order valence-corrected chi connectivity index (χ2v) is 9.36. The van der Waals surface area contributed by atoms with Gasteiger partial charge in [0.25, 0.3) is 0 Å². The first-order valence-electron chi connectivity index (χ1n) is 11.0. The van der Waals surface area contributed by atoms with Gasteiger partial charge in [0.15, 0.2) is 5.60 Å². The molecule has 4 aliphatic rings.